The molecule has 0 aromatic carbocycles. The van der Waals surface area contributed by atoms with Crippen molar-refractivity contribution in [2.45, 2.75) is 64.3 Å². The summed E-state index contributed by atoms with van der Waals surface area (Å²) in [4.78, 5) is 7.76. The molecule has 23 heavy (non-hydrogen) atoms. The molecule has 0 fully saturated rings. The van der Waals surface area contributed by atoms with Gasteiger partial charge in [0.1, 0.15) is 25.0 Å². The number of rotatable bonds is 3. The number of nitrogens with zero attached hydrogens (tertiary/aromatic N) is 3. The highest BCUT2D eigenvalue weighted by Crippen LogP contribution is 2.43. The Balaban J connectivity index is 2.88. The van der Waals surface area contributed by atoms with Crippen molar-refractivity contribution >= 4 is 36.2 Å². The lowest BCUT2D eigenvalue weighted by Crippen LogP contribution is -2.87. The van der Waals surface area contributed by atoms with Crippen LogP contribution in [-0.2, 0) is 0 Å². The van der Waals surface area contributed by atoms with E-state index in [1.807, 2.05) is 0 Å². The van der Waals surface area contributed by atoms with Gasteiger partial charge in [0.15, 0.2) is 22.3 Å². The van der Waals surface area contributed by atoms with Crippen LogP contribution in [0.15, 0.2) is 6.33 Å². The van der Waals surface area contributed by atoms with E-state index in [1.54, 1.807) is 6.33 Å². The summed E-state index contributed by atoms with van der Waals surface area (Å²) < 4.78 is 4.65. The maximum atomic E-state index is 8.85. The topological polar surface area (TPSA) is 85.0 Å². The Bertz CT molecular complexity index is 622. The molecule has 0 radical (unpaired) electrons. The van der Waals surface area contributed by atoms with E-state index < -0.39 is 30.0 Å². The SMILES string of the molecule is C[Si](C)(C)N1C(=N)c2[nH]cnc2N([Si](C)(C)C)C1(N)[Si](C)(C)C. The second-order valence-electron chi connectivity index (χ2n) is 9.44. The Morgan fingerprint density at radius 2 is 1.48 bits per heavy atom. The number of hydrogen-bond donors (Lipinski definition) is 3. The van der Waals surface area contributed by atoms with Crippen LogP contribution in [0.25, 0.3) is 0 Å². The predicted octanol–water partition coefficient (Wildman–Crippen LogP) is 3.02. The lowest BCUT2D eigenvalue weighted by molar-refractivity contribution is 0.370. The number of anilines is 1. The second-order valence-corrected chi connectivity index (χ2v) is 24.3. The standard InChI is InChI=1S/C14H32N6Si3/c1-21(2,3)14(16)19(22(4,5)6)12(15)11-13(18-10-17-11)20(14)23(7,8)9/h10,15H,16H2,1-9H3,(H,17,18). The van der Waals surface area contributed by atoms with Gasteiger partial charge in [0.05, 0.1) is 6.33 Å². The number of amidine groups is 1. The zero-order valence-electron chi connectivity index (χ0n) is 16.0. The Kier molecular flexibility index (Phi) is 4.04. The largest absolute Gasteiger partial charge is 0.353 e. The summed E-state index contributed by atoms with van der Waals surface area (Å²) in [6.45, 7) is 20.7. The highest BCUT2D eigenvalue weighted by Gasteiger charge is 2.60. The van der Waals surface area contributed by atoms with Gasteiger partial charge in [-0.15, -0.1) is 0 Å². The normalized spacial score (nSPS) is 23.3. The van der Waals surface area contributed by atoms with E-state index in [0.29, 0.717) is 5.84 Å². The van der Waals surface area contributed by atoms with E-state index in [1.165, 1.54) is 0 Å². The van der Waals surface area contributed by atoms with Gasteiger partial charge in [0, 0.05) is 0 Å². The predicted molar refractivity (Wildman–Crippen MR) is 107 cm³/mol. The molecular weight excluding hydrogens is 336 g/mol. The summed E-state index contributed by atoms with van der Waals surface area (Å²) in [5.74, 6) is 1.38. The fraction of sp³-hybridized carbons (Fsp3) is 0.714. The van der Waals surface area contributed by atoms with Crippen LogP contribution in [0, 0.1) is 5.41 Å². The minimum absolute atomic E-state index is 0.510. The van der Waals surface area contributed by atoms with Crippen molar-refractivity contribution in [1.82, 2.24) is 14.5 Å². The maximum Gasteiger partial charge on any atom is 0.153 e. The molecule has 2 heterocycles. The van der Waals surface area contributed by atoms with E-state index in [4.69, 9.17) is 11.1 Å². The lowest BCUT2D eigenvalue weighted by atomic mass is 10.3. The third-order valence-electron chi connectivity index (χ3n) is 4.42. The van der Waals surface area contributed by atoms with Gasteiger partial charge in [-0.25, -0.2) is 4.98 Å². The van der Waals surface area contributed by atoms with Crippen LogP contribution >= 0.6 is 0 Å². The van der Waals surface area contributed by atoms with Gasteiger partial charge in [-0.2, -0.15) is 0 Å². The van der Waals surface area contributed by atoms with Crippen molar-refractivity contribution in [2.75, 3.05) is 4.57 Å². The molecule has 1 aromatic rings. The first-order chi connectivity index (χ1) is 10.1. The average Bonchev–Trinajstić information content (AvgIpc) is 2.71. The van der Waals surface area contributed by atoms with Gasteiger partial charge in [-0.3, -0.25) is 11.1 Å². The van der Waals surface area contributed by atoms with Gasteiger partial charge in [-0.1, -0.05) is 58.9 Å². The molecule has 4 N–H and O–H groups in total. The Morgan fingerprint density at radius 1 is 1.00 bits per heavy atom. The summed E-state index contributed by atoms with van der Waals surface area (Å²) in [7, 11) is -5.60. The van der Waals surface area contributed by atoms with Crippen LogP contribution in [0.4, 0.5) is 5.82 Å². The summed E-state index contributed by atoms with van der Waals surface area (Å²) in [5.41, 5.74) is 7.44. The Hall–Kier alpha value is -0.909. The smallest absolute Gasteiger partial charge is 0.153 e. The highest BCUT2D eigenvalue weighted by molar-refractivity contribution is 6.88. The molecular formula is C14H32N6Si3. The first kappa shape index (κ1) is 18.4. The minimum atomic E-state index is -1.91. The molecule has 1 aliphatic rings. The molecule has 0 bridgehead atoms. The molecule has 2 rings (SSSR count). The minimum Gasteiger partial charge on any atom is -0.353 e. The van der Waals surface area contributed by atoms with Gasteiger partial charge in [-0.05, 0) is 0 Å². The molecule has 1 unspecified atom stereocenters. The maximum absolute atomic E-state index is 8.85. The van der Waals surface area contributed by atoms with Crippen molar-refractivity contribution < 1.29 is 0 Å². The van der Waals surface area contributed by atoms with Crippen molar-refractivity contribution in [1.29, 1.82) is 5.41 Å². The van der Waals surface area contributed by atoms with Gasteiger partial charge in [0.25, 0.3) is 0 Å². The zero-order chi connectivity index (χ0) is 18.0. The fourth-order valence-electron chi connectivity index (χ4n) is 3.52. The van der Waals surface area contributed by atoms with E-state index in [0.717, 1.165) is 11.5 Å². The second kappa shape index (κ2) is 5.04. The molecule has 1 aromatic heterocycles. The molecule has 130 valence electrons. The average molecular weight is 369 g/mol. The van der Waals surface area contributed by atoms with Crippen molar-refractivity contribution in [3.05, 3.63) is 12.0 Å². The van der Waals surface area contributed by atoms with Crippen molar-refractivity contribution in [3.63, 3.8) is 0 Å². The van der Waals surface area contributed by atoms with E-state index in [-0.39, 0.29) is 0 Å². The number of fused-ring (bicyclic) bond motifs is 1. The molecule has 0 saturated carbocycles. The fourth-order valence-corrected chi connectivity index (χ4v) is 13.0. The lowest BCUT2D eigenvalue weighted by Gasteiger charge is -2.64. The Morgan fingerprint density at radius 3 is 1.87 bits per heavy atom. The van der Waals surface area contributed by atoms with E-state index in [2.05, 4.69) is 78.0 Å². The third kappa shape index (κ3) is 2.63. The summed E-state index contributed by atoms with van der Waals surface area (Å²) >= 11 is 0. The molecule has 0 saturated heterocycles. The first-order valence-electron chi connectivity index (χ1n) is 8.15. The Labute approximate surface area is 143 Å². The van der Waals surface area contributed by atoms with Crippen LogP contribution in [0.2, 0.25) is 58.9 Å². The monoisotopic (exact) mass is 368 g/mol. The number of imidazole rings is 1. The van der Waals surface area contributed by atoms with Crippen molar-refractivity contribution in [2.24, 2.45) is 5.73 Å². The van der Waals surface area contributed by atoms with E-state index >= 15 is 0 Å². The molecule has 0 aliphatic carbocycles. The number of H-pyrrole nitrogens is 1. The molecule has 1 aliphatic heterocycles. The van der Waals surface area contributed by atoms with Crippen LogP contribution in [0.5, 0.6) is 0 Å². The van der Waals surface area contributed by atoms with Crippen molar-refractivity contribution in [3.8, 4) is 0 Å². The molecule has 9 heteroatoms. The molecule has 0 amide bonds. The van der Waals surface area contributed by atoms with Crippen LogP contribution in [-0.4, -0.2) is 50.3 Å². The van der Waals surface area contributed by atoms with Crippen LogP contribution < -0.4 is 10.3 Å². The number of aromatic amines is 1. The molecule has 0 spiro atoms. The highest BCUT2D eigenvalue weighted by atomic mass is 28.3. The molecule has 6 nitrogen and oxygen atoms in total. The first-order valence-corrected chi connectivity index (χ1v) is 18.5. The zero-order valence-corrected chi connectivity index (χ0v) is 19.0. The molecule has 1 atom stereocenters. The number of aromatic nitrogens is 2. The quantitative estimate of drug-likeness (QED) is 0.716. The van der Waals surface area contributed by atoms with Crippen LogP contribution in [0.3, 0.4) is 0 Å². The van der Waals surface area contributed by atoms with Gasteiger partial charge < -0.3 is 14.1 Å². The van der Waals surface area contributed by atoms with Gasteiger partial charge in [0.2, 0.25) is 0 Å². The third-order valence-corrected chi connectivity index (χ3v) is 11.3. The van der Waals surface area contributed by atoms with Gasteiger partial charge >= 0.3 is 0 Å². The number of nitrogens with one attached hydrogen (secondary N) is 2. The van der Waals surface area contributed by atoms with E-state index in [9.17, 15) is 0 Å². The summed E-state index contributed by atoms with van der Waals surface area (Å²) in [5, 5.41) is 8.85. The number of nitrogens with two attached hydrogens (primary N) is 1. The van der Waals surface area contributed by atoms with Crippen LogP contribution in [0.1, 0.15) is 5.69 Å². The summed E-state index contributed by atoms with van der Waals surface area (Å²) in [6, 6.07) is 0. The summed E-state index contributed by atoms with van der Waals surface area (Å²) in [6.07, 6.45) is 1.70. The number of hydrogen-bond acceptors (Lipinski definition) is 4.